The number of hydrogen-bond acceptors (Lipinski definition) is 6. The first kappa shape index (κ1) is 13.8. The second-order valence-corrected chi connectivity index (χ2v) is 5.75. The summed E-state index contributed by atoms with van der Waals surface area (Å²) in [6.45, 7) is 0.488. The van der Waals surface area contributed by atoms with Crippen LogP contribution in [0.25, 0.3) is 22.2 Å². The molecule has 0 amide bonds. The normalized spacial score (nSPS) is 11.4. The summed E-state index contributed by atoms with van der Waals surface area (Å²) >= 11 is 1.42. The molecule has 0 fully saturated rings. The molecule has 3 aromatic rings. The third-order valence-electron chi connectivity index (χ3n) is 3.20. The number of aromatic hydroxyl groups is 1. The number of benzene rings is 1. The van der Waals surface area contributed by atoms with Gasteiger partial charge in [-0.3, -0.25) is 4.79 Å². The summed E-state index contributed by atoms with van der Waals surface area (Å²) in [6.07, 6.45) is 1.42. The van der Waals surface area contributed by atoms with Gasteiger partial charge < -0.3 is 14.4 Å². The Labute approximate surface area is 125 Å². The summed E-state index contributed by atoms with van der Waals surface area (Å²) in [4.78, 5) is 18.6. The highest BCUT2D eigenvalue weighted by molar-refractivity contribution is 7.07. The number of phenols is 1. The van der Waals surface area contributed by atoms with Crippen molar-refractivity contribution in [3.8, 4) is 17.0 Å². The third kappa shape index (κ3) is 2.43. The van der Waals surface area contributed by atoms with Gasteiger partial charge in [-0.25, -0.2) is 4.98 Å². The Hall–Kier alpha value is -2.18. The number of aromatic nitrogens is 1. The molecule has 0 atom stereocenters. The molecule has 0 bridgehead atoms. The molecule has 2 heterocycles. The predicted octanol–water partition coefficient (Wildman–Crippen LogP) is 2.68. The second kappa shape index (κ2) is 5.31. The SMILES string of the molecule is CN(C)Cc1c(O)ccc2c(=O)c(-c3cscn3)coc12. The van der Waals surface area contributed by atoms with Crippen molar-refractivity contribution in [1.82, 2.24) is 9.88 Å². The van der Waals surface area contributed by atoms with Gasteiger partial charge in [0.25, 0.3) is 0 Å². The first-order chi connectivity index (χ1) is 10.1. The van der Waals surface area contributed by atoms with E-state index in [4.69, 9.17) is 4.42 Å². The molecule has 1 aromatic carbocycles. The van der Waals surface area contributed by atoms with Gasteiger partial charge in [0.1, 0.15) is 17.6 Å². The second-order valence-electron chi connectivity index (χ2n) is 5.03. The number of phenolic OH excluding ortho intramolecular Hbond substituents is 1. The number of nitrogens with zero attached hydrogens (tertiary/aromatic N) is 2. The van der Waals surface area contributed by atoms with Gasteiger partial charge in [0.05, 0.1) is 27.7 Å². The van der Waals surface area contributed by atoms with Crippen molar-refractivity contribution in [3.05, 3.63) is 45.1 Å². The number of fused-ring (bicyclic) bond motifs is 1. The molecule has 0 saturated carbocycles. The highest BCUT2D eigenvalue weighted by atomic mass is 32.1. The summed E-state index contributed by atoms with van der Waals surface area (Å²) in [7, 11) is 3.78. The van der Waals surface area contributed by atoms with Crippen molar-refractivity contribution < 1.29 is 9.52 Å². The van der Waals surface area contributed by atoms with Crippen molar-refractivity contribution >= 4 is 22.3 Å². The summed E-state index contributed by atoms with van der Waals surface area (Å²) in [5, 5.41) is 12.3. The standard InChI is InChI=1S/C15H14N2O3S/c1-17(2)5-10-13(18)4-3-9-14(19)11(6-20-15(9)10)12-7-21-8-16-12/h3-4,6-8,18H,5H2,1-2H3. The highest BCUT2D eigenvalue weighted by Crippen LogP contribution is 2.28. The van der Waals surface area contributed by atoms with Crippen LogP contribution in [0.15, 0.2) is 38.5 Å². The molecule has 6 heteroatoms. The van der Waals surface area contributed by atoms with Gasteiger partial charge in [-0.2, -0.15) is 0 Å². The smallest absolute Gasteiger partial charge is 0.202 e. The van der Waals surface area contributed by atoms with Crippen LogP contribution in [0.4, 0.5) is 0 Å². The first-order valence-corrected chi connectivity index (χ1v) is 7.32. The minimum atomic E-state index is -0.137. The molecule has 0 spiro atoms. The van der Waals surface area contributed by atoms with Crippen molar-refractivity contribution in [2.75, 3.05) is 14.1 Å². The zero-order valence-corrected chi connectivity index (χ0v) is 12.5. The van der Waals surface area contributed by atoms with Gasteiger partial charge in [-0.05, 0) is 26.2 Å². The predicted molar refractivity (Wildman–Crippen MR) is 82.6 cm³/mol. The molecule has 0 aliphatic rings. The Balaban J connectivity index is 2.27. The van der Waals surface area contributed by atoms with Gasteiger partial charge in [0.2, 0.25) is 5.43 Å². The summed E-state index contributed by atoms with van der Waals surface area (Å²) < 4.78 is 5.64. The van der Waals surface area contributed by atoms with Gasteiger partial charge >= 0.3 is 0 Å². The van der Waals surface area contributed by atoms with E-state index >= 15 is 0 Å². The van der Waals surface area contributed by atoms with Crippen LogP contribution in [0, 0.1) is 0 Å². The Kier molecular flexibility index (Phi) is 3.48. The van der Waals surface area contributed by atoms with E-state index in [0.29, 0.717) is 34.3 Å². The largest absolute Gasteiger partial charge is 0.507 e. The Morgan fingerprint density at radius 1 is 1.38 bits per heavy atom. The maximum atomic E-state index is 12.6. The minimum Gasteiger partial charge on any atom is -0.507 e. The molecule has 1 N–H and O–H groups in total. The van der Waals surface area contributed by atoms with Crippen LogP contribution >= 0.6 is 11.3 Å². The van der Waals surface area contributed by atoms with Crippen LogP contribution in [0.5, 0.6) is 5.75 Å². The lowest BCUT2D eigenvalue weighted by Gasteiger charge is -2.13. The maximum Gasteiger partial charge on any atom is 0.202 e. The average molecular weight is 302 g/mol. The van der Waals surface area contributed by atoms with Crippen LogP contribution < -0.4 is 5.43 Å². The summed E-state index contributed by atoms with van der Waals surface area (Å²) in [5.41, 5.74) is 3.62. The fraction of sp³-hybridized carbons (Fsp3) is 0.200. The molecular formula is C15H14N2O3S. The van der Waals surface area contributed by atoms with Crippen LogP contribution in [-0.4, -0.2) is 29.1 Å². The van der Waals surface area contributed by atoms with E-state index in [2.05, 4.69) is 4.98 Å². The monoisotopic (exact) mass is 302 g/mol. The van der Waals surface area contributed by atoms with Crippen LogP contribution in [0.3, 0.4) is 0 Å². The van der Waals surface area contributed by atoms with E-state index in [1.165, 1.54) is 23.7 Å². The van der Waals surface area contributed by atoms with Crippen molar-refractivity contribution in [3.63, 3.8) is 0 Å². The Bertz CT molecular complexity index is 838. The van der Waals surface area contributed by atoms with E-state index < -0.39 is 0 Å². The summed E-state index contributed by atoms with van der Waals surface area (Å²) in [5.74, 6) is 0.126. The lowest BCUT2D eigenvalue weighted by molar-refractivity contribution is 0.384. The average Bonchev–Trinajstić information content (AvgIpc) is 2.96. The first-order valence-electron chi connectivity index (χ1n) is 6.37. The molecule has 0 saturated heterocycles. The minimum absolute atomic E-state index is 0.126. The van der Waals surface area contributed by atoms with Crippen LogP contribution in [-0.2, 0) is 6.54 Å². The molecule has 108 valence electrons. The quantitative estimate of drug-likeness (QED) is 0.805. The molecule has 21 heavy (non-hydrogen) atoms. The van der Waals surface area contributed by atoms with E-state index in [0.717, 1.165) is 0 Å². The molecule has 0 unspecified atom stereocenters. The topological polar surface area (TPSA) is 66.6 Å². The maximum absolute atomic E-state index is 12.6. The van der Waals surface area contributed by atoms with E-state index in [9.17, 15) is 9.90 Å². The van der Waals surface area contributed by atoms with Gasteiger partial charge in [-0.15, -0.1) is 11.3 Å². The number of rotatable bonds is 3. The fourth-order valence-corrected chi connectivity index (χ4v) is 2.79. The Morgan fingerprint density at radius 2 is 2.19 bits per heavy atom. The lowest BCUT2D eigenvalue weighted by atomic mass is 10.1. The molecule has 0 aliphatic heterocycles. The third-order valence-corrected chi connectivity index (χ3v) is 3.79. The van der Waals surface area contributed by atoms with Gasteiger partial charge in [-0.1, -0.05) is 0 Å². The van der Waals surface area contributed by atoms with Crippen LogP contribution in [0.1, 0.15) is 5.56 Å². The molecule has 3 rings (SSSR count). The zero-order valence-electron chi connectivity index (χ0n) is 11.7. The lowest BCUT2D eigenvalue weighted by Crippen LogP contribution is -2.12. The fourth-order valence-electron chi connectivity index (χ4n) is 2.24. The van der Waals surface area contributed by atoms with E-state index in [1.807, 2.05) is 19.0 Å². The van der Waals surface area contributed by atoms with Crippen molar-refractivity contribution in [2.24, 2.45) is 0 Å². The molecule has 0 radical (unpaired) electrons. The zero-order chi connectivity index (χ0) is 15.0. The van der Waals surface area contributed by atoms with Crippen LogP contribution in [0.2, 0.25) is 0 Å². The number of thiazole rings is 1. The van der Waals surface area contributed by atoms with Crippen molar-refractivity contribution in [2.45, 2.75) is 6.54 Å². The molecule has 0 aliphatic carbocycles. The van der Waals surface area contributed by atoms with Crippen molar-refractivity contribution in [1.29, 1.82) is 0 Å². The molecule has 5 nitrogen and oxygen atoms in total. The van der Waals surface area contributed by atoms with E-state index in [1.54, 1.807) is 17.0 Å². The number of hydrogen-bond donors (Lipinski definition) is 1. The molecule has 2 aromatic heterocycles. The molecular weight excluding hydrogens is 288 g/mol. The van der Waals surface area contributed by atoms with Gasteiger partial charge in [0, 0.05) is 11.9 Å². The highest BCUT2D eigenvalue weighted by Gasteiger charge is 2.16. The summed E-state index contributed by atoms with van der Waals surface area (Å²) in [6, 6.07) is 3.12. The Morgan fingerprint density at radius 3 is 2.86 bits per heavy atom. The van der Waals surface area contributed by atoms with E-state index in [-0.39, 0.29) is 11.2 Å². The van der Waals surface area contributed by atoms with Gasteiger partial charge in [0.15, 0.2) is 0 Å².